The molecular formula is C48H78N6O12. The number of carbonyl (C=O) groups excluding carboxylic acids is 10. The molecule has 2 aliphatic rings. The zero-order chi connectivity index (χ0) is 49.5. The number of rotatable bonds is 34. The number of nitrogens with zero attached hydrogens (tertiary/aromatic N) is 1. The van der Waals surface area contributed by atoms with Crippen molar-refractivity contribution in [3.8, 4) is 0 Å². The lowest BCUT2D eigenvalue weighted by Gasteiger charge is -2.25. The highest BCUT2D eigenvalue weighted by atomic mass is 16.4. The molecule has 18 heteroatoms. The Morgan fingerprint density at radius 2 is 1.36 bits per heavy atom. The molecule has 2 heterocycles. The third-order valence-corrected chi connectivity index (χ3v) is 12.4. The predicted molar refractivity (Wildman–Crippen MR) is 245 cm³/mol. The van der Waals surface area contributed by atoms with E-state index in [0.717, 1.165) is 25.8 Å². The maximum absolute atomic E-state index is 13.6. The van der Waals surface area contributed by atoms with Gasteiger partial charge in [0.05, 0.1) is 36.6 Å². The van der Waals surface area contributed by atoms with Crippen molar-refractivity contribution in [3.63, 3.8) is 0 Å². The Morgan fingerprint density at radius 3 is 1.95 bits per heavy atom. The van der Waals surface area contributed by atoms with Gasteiger partial charge in [-0.1, -0.05) is 53.9 Å². The van der Waals surface area contributed by atoms with Gasteiger partial charge in [0, 0.05) is 69.7 Å². The molecule has 0 aromatic rings. The van der Waals surface area contributed by atoms with E-state index in [0.29, 0.717) is 45.1 Å². The number of unbranched alkanes of at least 4 members (excludes halogenated alkanes) is 2. The smallest absolute Gasteiger partial charge is 0.306 e. The molecule has 7 atom stereocenters. The Labute approximate surface area is 390 Å². The van der Waals surface area contributed by atoms with Gasteiger partial charge in [-0.05, 0) is 76.7 Å². The van der Waals surface area contributed by atoms with E-state index in [1.54, 1.807) is 0 Å². The molecule has 2 fully saturated rings. The van der Waals surface area contributed by atoms with Crippen LogP contribution in [0.2, 0.25) is 0 Å². The Kier molecular flexibility index (Phi) is 25.8. The van der Waals surface area contributed by atoms with Crippen molar-refractivity contribution in [2.75, 3.05) is 19.6 Å². The molecule has 5 amide bonds. The molecule has 7 N–H and O–H groups in total. The van der Waals surface area contributed by atoms with E-state index in [4.69, 9.17) is 5.73 Å². The third-order valence-electron chi connectivity index (χ3n) is 12.4. The van der Waals surface area contributed by atoms with E-state index in [1.807, 2.05) is 34.6 Å². The predicted octanol–water partition coefficient (Wildman–Crippen LogP) is 3.28. The lowest BCUT2D eigenvalue weighted by atomic mass is 9.88. The van der Waals surface area contributed by atoms with Crippen LogP contribution in [0.15, 0.2) is 0 Å². The van der Waals surface area contributed by atoms with Gasteiger partial charge < -0.3 is 37.0 Å². The SMILES string of the molecule is CCCCC[C@H](CC(=O)[C@@H]1CCCN1C(=O)CCC(=O)[C@H](C)NC(=O)[C@@H](CC(=O)CNC(=O)[C@@H](CC(=O)[C@H](CCC(N)=O)NC(=O)CCC(=O)[C@@H]1CCCN1)CC(C)C)CC(C)C)C(=O)O. The summed E-state index contributed by atoms with van der Waals surface area (Å²) in [7, 11) is 0. The highest BCUT2D eigenvalue weighted by Gasteiger charge is 2.36. The number of Topliss-reactive ketones (excluding diaryl/α,β-unsaturated/α-hetero) is 5. The number of hydrogen-bond acceptors (Lipinski definition) is 12. The fourth-order valence-corrected chi connectivity index (χ4v) is 8.74. The van der Waals surface area contributed by atoms with Gasteiger partial charge in [-0.25, -0.2) is 0 Å². The molecule has 372 valence electrons. The molecule has 2 saturated heterocycles. The first kappa shape index (κ1) is 57.3. The van der Waals surface area contributed by atoms with E-state index < -0.39 is 95.3 Å². The summed E-state index contributed by atoms with van der Waals surface area (Å²) in [6, 6.07) is -3.16. The van der Waals surface area contributed by atoms with Crippen LogP contribution in [0.3, 0.4) is 0 Å². The molecule has 0 radical (unpaired) electrons. The van der Waals surface area contributed by atoms with Crippen LogP contribution >= 0.6 is 0 Å². The zero-order valence-electron chi connectivity index (χ0n) is 40.2. The van der Waals surface area contributed by atoms with Crippen LogP contribution in [-0.4, -0.2) is 118 Å². The minimum absolute atomic E-state index is 0.0146. The fourth-order valence-electron chi connectivity index (χ4n) is 8.74. The van der Waals surface area contributed by atoms with Crippen molar-refractivity contribution in [1.29, 1.82) is 0 Å². The van der Waals surface area contributed by atoms with Crippen LogP contribution in [0.1, 0.15) is 164 Å². The molecule has 0 aromatic heterocycles. The van der Waals surface area contributed by atoms with E-state index in [2.05, 4.69) is 21.3 Å². The molecular weight excluding hydrogens is 853 g/mol. The normalized spacial score (nSPS) is 18.2. The topological polar surface area (TPSA) is 285 Å². The van der Waals surface area contributed by atoms with Crippen LogP contribution in [-0.2, 0) is 52.7 Å². The quantitative estimate of drug-likeness (QED) is 0.0506. The van der Waals surface area contributed by atoms with E-state index in [-0.39, 0.29) is 93.7 Å². The summed E-state index contributed by atoms with van der Waals surface area (Å²) >= 11 is 0. The van der Waals surface area contributed by atoms with Gasteiger partial charge in [-0.3, -0.25) is 52.7 Å². The molecule has 2 aliphatic heterocycles. The first-order chi connectivity index (χ1) is 31.1. The molecule has 18 nitrogen and oxygen atoms in total. The minimum atomic E-state index is -1.13. The Balaban J connectivity index is 1.97. The second kappa shape index (κ2) is 29.7. The zero-order valence-corrected chi connectivity index (χ0v) is 40.2. The van der Waals surface area contributed by atoms with Crippen molar-refractivity contribution in [1.82, 2.24) is 26.2 Å². The van der Waals surface area contributed by atoms with Crippen molar-refractivity contribution in [2.45, 2.75) is 188 Å². The Morgan fingerprint density at radius 1 is 0.697 bits per heavy atom. The number of carbonyl (C=O) groups is 11. The summed E-state index contributed by atoms with van der Waals surface area (Å²) in [5, 5.41) is 20.7. The molecule has 0 aliphatic carbocycles. The monoisotopic (exact) mass is 931 g/mol. The molecule has 2 rings (SSSR count). The molecule has 0 aromatic carbocycles. The summed E-state index contributed by atoms with van der Waals surface area (Å²) in [6.45, 7) is 11.6. The Hall–Kier alpha value is -4.87. The standard InChI is InChI=1S/C48H78N6O12/c1-7-8-9-12-32(48(65)66)26-42(59)38-14-11-22-54(38)45(62)20-17-39(56)31(6)52-47(64)33(23-29(2)3)25-35(55)28-51-46(63)34(24-30(4)5)27-41(58)37(15-18-43(49)60)53-44(61)19-16-40(57)36-13-10-21-50-36/h29-34,36-38,50H,7-28H2,1-6H3,(H2,49,60)(H,51,63)(H,52,64)(H,53,61)(H,65,66)/t31-,32+,33+,34+,36-,37-,38-/m0/s1. The molecule has 66 heavy (non-hydrogen) atoms. The van der Waals surface area contributed by atoms with Crippen LogP contribution < -0.4 is 27.0 Å². The second-order valence-corrected chi connectivity index (χ2v) is 19.2. The average Bonchev–Trinajstić information content (AvgIpc) is 3.98. The highest BCUT2D eigenvalue weighted by Crippen LogP contribution is 2.25. The van der Waals surface area contributed by atoms with Gasteiger partial charge in [0.25, 0.3) is 0 Å². The fraction of sp³-hybridized carbons (Fsp3) is 0.771. The molecule has 0 spiro atoms. The number of primary amides is 1. The third kappa shape index (κ3) is 21.2. The summed E-state index contributed by atoms with van der Waals surface area (Å²) < 4.78 is 0. The van der Waals surface area contributed by atoms with Gasteiger partial charge in [0.15, 0.2) is 23.1 Å². The lowest BCUT2D eigenvalue weighted by Crippen LogP contribution is -2.45. The van der Waals surface area contributed by atoms with Gasteiger partial charge in [-0.2, -0.15) is 0 Å². The number of carboxylic acid groups (broad SMARTS) is 1. The summed E-state index contributed by atoms with van der Waals surface area (Å²) in [5.74, 6) is -8.13. The van der Waals surface area contributed by atoms with Crippen molar-refractivity contribution in [3.05, 3.63) is 0 Å². The molecule has 0 unspecified atom stereocenters. The number of nitrogens with two attached hydrogens (primary N) is 1. The number of nitrogens with one attached hydrogen (secondary N) is 4. The first-order valence-electron chi connectivity index (χ1n) is 24.2. The number of ketones is 5. The van der Waals surface area contributed by atoms with Gasteiger partial charge >= 0.3 is 5.97 Å². The maximum Gasteiger partial charge on any atom is 0.306 e. The summed E-state index contributed by atoms with van der Waals surface area (Å²) in [4.78, 5) is 144. The maximum atomic E-state index is 13.6. The van der Waals surface area contributed by atoms with Crippen LogP contribution in [0, 0.1) is 29.6 Å². The van der Waals surface area contributed by atoms with Crippen LogP contribution in [0.25, 0.3) is 0 Å². The Bertz CT molecular complexity index is 1710. The van der Waals surface area contributed by atoms with Gasteiger partial charge in [0.1, 0.15) is 5.78 Å². The number of hydrogen-bond donors (Lipinski definition) is 6. The van der Waals surface area contributed by atoms with E-state index in [9.17, 15) is 57.8 Å². The number of likely N-dealkylation sites (tertiary alicyclic amines) is 1. The number of aliphatic carboxylic acids is 1. The lowest BCUT2D eigenvalue weighted by molar-refractivity contribution is -0.145. The summed E-state index contributed by atoms with van der Waals surface area (Å²) in [5.41, 5.74) is 5.34. The van der Waals surface area contributed by atoms with Crippen molar-refractivity contribution in [2.24, 2.45) is 35.3 Å². The van der Waals surface area contributed by atoms with Crippen LogP contribution in [0.5, 0.6) is 0 Å². The van der Waals surface area contributed by atoms with E-state index in [1.165, 1.54) is 11.8 Å². The minimum Gasteiger partial charge on any atom is -0.481 e. The van der Waals surface area contributed by atoms with Crippen molar-refractivity contribution < 1.29 is 57.8 Å². The highest BCUT2D eigenvalue weighted by molar-refractivity contribution is 5.97. The largest absolute Gasteiger partial charge is 0.481 e. The average molecular weight is 931 g/mol. The second-order valence-electron chi connectivity index (χ2n) is 19.2. The van der Waals surface area contributed by atoms with Gasteiger partial charge in [0.2, 0.25) is 29.5 Å². The van der Waals surface area contributed by atoms with Gasteiger partial charge in [-0.15, -0.1) is 0 Å². The number of carboxylic acids is 1. The molecule has 0 saturated carbocycles. The number of amides is 5. The first-order valence-corrected chi connectivity index (χ1v) is 24.2. The molecule has 0 bridgehead atoms. The van der Waals surface area contributed by atoms with Crippen molar-refractivity contribution >= 4 is 64.4 Å². The van der Waals surface area contributed by atoms with Crippen LogP contribution in [0.4, 0.5) is 0 Å². The van der Waals surface area contributed by atoms with E-state index >= 15 is 0 Å². The summed E-state index contributed by atoms with van der Waals surface area (Å²) in [6.07, 6.45) is 4.44.